The van der Waals surface area contributed by atoms with Crippen molar-refractivity contribution in [3.05, 3.63) is 35.5 Å². The van der Waals surface area contributed by atoms with Gasteiger partial charge in [0, 0.05) is 18.5 Å². The molecule has 0 aromatic rings. The van der Waals surface area contributed by atoms with E-state index in [1.54, 1.807) is 0 Å². The summed E-state index contributed by atoms with van der Waals surface area (Å²) < 4.78 is 0. The molecule has 0 saturated heterocycles. The number of allylic oxidation sites excluding steroid dienone is 2. The Kier molecular flexibility index (Phi) is 7.41. The van der Waals surface area contributed by atoms with Crippen LogP contribution in [0.2, 0.25) is 0 Å². The molecular weight excluding hydrogens is 256 g/mol. The van der Waals surface area contributed by atoms with Crippen molar-refractivity contribution < 1.29 is 0 Å². The van der Waals surface area contributed by atoms with Crippen molar-refractivity contribution in [1.29, 1.82) is 0 Å². The zero-order chi connectivity index (χ0) is 15.9. The fraction of sp³-hybridized carbons (Fsp3) is 0.684. The molecule has 1 rings (SSSR count). The van der Waals surface area contributed by atoms with Crippen LogP contribution in [-0.2, 0) is 0 Å². The summed E-state index contributed by atoms with van der Waals surface area (Å²) in [6, 6.07) is 0. The van der Waals surface area contributed by atoms with Gasteiger partial charge in [0.05, 0.1) is 0 Å². The summed E-state index contributed by atoms with van der Waals surface area (Å²) in [5.74, 6) is 0. The average Bonchev–Trinajstić information content (AvgIpc) is 2.60. The quantitative estimate of drug-likeness (QED) is 0.663. The molecule has 0 N–H and O–H groups in total. The first-order chi connectivity index (χ1) is 9.93. The molecular formula is C19H34N2. The third-order valence-electron chi connectivity index (χ3n) is 4.26. The Labute approximate surface area is 132 Å². The van der Waals surface area contributed by atoms with Gasteiger partial charge in [0.2, 0.25) is 0 Å². The van der Waals surface area contributed by atoms with Crippen molar-refractivity contribution in [1.82, 2.24) is 9.80 Å². The van der Waals surface area contributed by atoms with E-state index < -0.39 is 0 Å². The average molecular weight is 290 g/mol. The Morgan fingerprint density at radius 2 is 1.29 bits per heavy atom. The highest BCUT2D eigenvalue weighted by atomic mass is 15.1. The van der Waals surface area contributed by atoms with Crippen LogP contribution in [0, 0.1) is 5.41 Å². The van der Waals surface area contributed by atoms with E-state index >= 15 is 0 Å². The van der Waals surface area contributed by atoms with Gasteiger partial charge >= 0.3 is 0 Å². The van der Waals surface area contributed by atoms with Crippen molar-refractivity contribution in [2.75, 3.05) is 39.3 Å². The Morgan fingerprint density at radius 1 is 0.810 bits per heavy atom. The molecule has 120 valence electrons. The summed E-state index contributed by atoms with van der Waals surface area (Å²) in [4.78, 5) is 4.96. The summed E-state index contributed by atoms with van der Waals surface area (Å²) in [7, 11) is 0. The maximum atomic E-state index is 2.48. The zero-order valence-corrected chi connectivity index (χ0v) is 14.9. The van der Waals surface area contributed by atoms with Crippen molar-refractivity contribution >= 4 is 0 Å². The summed E-state index contributed by atoms with van der Waals surface area (Å²) in [6.07, 6.45) is 9.50. The maximum Gasteiger partial charge on any atom is 0.0233 e. The molecule has 0 aromatic heterocycles. The third kappa shape index (κ3) is 6.19. The first-order valence-corrected chi connectivity index (χ1v) is 8.50. The molecule has 0 aliphatic heterocycles. The predicted molar refractivity (Wildman–Crippen MR) is 94.7 cm³/mol. The molecule has 21 heavy (non-hydrogen) atoms. The van der Waals surface area contributed by atoms with E-state index in [0.717, 1.165) is 39.3 Å². The minimum absolute atomic E-state index is 0.143. The molecule has 0 saturated carbocycles. The Hall–Kier alpha value is -0.860. The molecule has 1 aliphatic rings. The number of hydrogen-bond donors (Lipinski definition) is 0. The van der Waals surface area contributed by atoms with Gasteiger partial charge in [0.25, 0.3) is 0 Å². The molecule has 2 heteroatoms. The minimum atomic E-state index is 0.143. The summed E-state index contributed by atoms with van der Waals surface area (Å²) >= 11 is 0. The van der Waals surface area contributed by atoms with Crippen LogP contribution >= 0.6 is 0 Å². The highest BCUT2D eigenvalue weighted by Gasteiger charge is 2.16. The van der Waals surface area contributed by atoms with Crippen molar-refractivity contribution in [3.63, 3.8) is 0 Å². The summed E-state index contributed by atoms with van der Waals surface area (Å²) in [6.45, 7) is 20.1. The van der Waals surface area contributed by atoms with Crippen LogP contribution in [0.1, 0.15) is 41.5 Å². The molecule has 0 amide bonds. The van der Waals surface area contributed by atoms with Crippen LogP contribution in [-0.4, -0.2) is 49.1 Å². The SMILES string of the molecule is CCN(CC)CC1=CC(CN(CC)CC)=CC(C)(C)C=C1. The van der Waals surface area contributed by atoms with Gasteiger partial charge < -0.3 is 0 Å². The molecule has 1 aliphatic carbocycles. The second-order valence-corrected chi connectivity index (χ2v) is 6.52. The van der Waals surface area contributed by atoms with Crippen LogP contribution in [0.4, 0.5) is 0 Å². The van der Waals surface area contributed by atoms with Gasteiger partial charge in [-0.1, -0.05) is 65.8 Å². The van der Waals surface area contributed by atoms with Gasteiger partial charge in [-0.3, -0.25) is 9.80 Å². The third-order valence-corrected chi connectivity index (χ3v) is 4.26. The van der Waals surface area contributed by atoms with Gasteiger partial charge in [-0.25, -0.2) is 0 Å². The first kappa shape index (κ1) is 18.2. The van der Waals surface area contributed by atoms with Gasteiger partial charge in [0.15, 0.2) is 0 Å². The fourth-order valence-corrected chi connectivity index (χ4v) is 2.78. The van der Waals surface area contributed by atoms with E-state index in [-0.39, 0.29) is 5.41 Å². The van der Waals surface area contributed by atoms with E-state index in [4.69, 9.17) is 0 Å². The predicted octanol–water partition coefficient (Wildman–Crippen LogP) is 4.12. The minimum Gasteiger partial charge on any atom is -0.300 e. The van der Waals surface area contributed by atoms with Crippen LogP contribution in [0.3, 0.4) is 0 Å². The molecule has 0 radical (unpaired) electrons. The van der Waals surface area contributed by atoms with Gasteiger partial charge in [-0.05, 0) is 37.3 Å². The van der Waals surface area contributed by atoms with Crippen LogP contribution in [0.15, 0.2) is 35.5 Å². The molecule has 0 fully saturated rings. The highest BCUT2D eigenvalue weighted by molar-refractivity contribution is 5.38. The van der Waals surface area contributed by atoms with Gasteiger partial charge in [-0.15, -0.1) is 0 Å². The smallest absolute Gasteiger partial charge is 0.0233 e. The molecule has 0 heterocycles. The summed E-state index contributed by atoms with van der Waals surface area (Å²) in [5, 5.41) is 0. The molecule has 2 nitrogen and oxygen atoms in total. The van der Waals surface area contributed by atoms with E-state index in [1.165, 1.54) is 11.1 Å². The molecule has 0 unspecified atom stereocenters. The van der Waals surface area contributed by atoms with Crippen LogP contribution in [0.25, 0.3) is 0 Å². The monoisotopic (exact) mass is 290 g/mol. The standard InChI is InChI=1S/C19H34N2/c1-7-20(8-2)15-17-11-12-19(5,6)14-18(13-17)16-21(9-3)10-4/h11-14H,7-10,15-16H2,1-6H3. The largest absolute Gasteiger partial charge is 0.300 e. The van der Waals surface area contributed by atoms with Crippen molar-refractivity contribution in [2.24, 2.45) is 5.41 Å². The lowest BCUT2D eigenvalue weighted by Crippen LogP contribution is -2.26. The Balaban J connectivity index is 2.93. The zero-order valence-electron chi connectivity index (χ0n) is 14.9. The lowest BCUT2D eigenvalue weighted by atomic mass is 9.91. The Bertz CT molecular complexity index is 394. The number of likely N-dealkylation sites (N-methyl/N-ethyl adjacent to an activating group) is 2. The van der Waals surface area contributed by atoms with Gasteiger partial charge in [0.1, 0.15) is 0 Å². The van der Waals surface area contributed by atoms with E-state index in [2.05, 4.69) is 75.6 Å². The van der Waals surface area contributed by atoms with E-state index in [9.17, 15) is 0 Å². The lowest BCUT2D eigenvalue weighted by molar-refractivity contribution is 0.328. The molecule has 0 atom stereocenters. The normalized spacial score (nSPS) is 17.9. The molecule has 0 aromatic carbocycles. The number of hydrogen-bond acceptors (Lipinski definition) is 2. The molecule has 0 spiro atoms. The van der Waals surface area contributed by atoms with E-state index in [0.29, 0.717) is 0 Å². The fourth-order valence-electron chi connectivity index (χ4n) is 2.78. The van der Waals surface area contributed by atoms with Crippen LogP contribution in [0.5, 0.6) is 0 Å². The van der Waals surface area contributed by atoms with Crippen LogP contribution < -0.4 is 0 Å². The number of rotatable bonds is 8. The topological polar surface area (TPSA) is 6.48 Å². The second-order valence-electron chi connectivity index (χ2n) is 6.52. The Morgan fingerprint density at radius 3 is 1.76 bits per heavy atom. The number of nitrogens with zero attached hydrogens (tertiary/aromatic N) is 2. The highest BCUT2D eigenvalue weighted by Crippen LogP contribution is 2.26. The van der Waals surface area contributed by atoms with Gasteiger partial charge in [-0.2, -0.15) is 0 Å². The molecule has 0 bridgehead atoms. The van der Waals surface area contributed by atoms with E-state index in [1.807, 2.05) is 0 Å². The maximum absolute atomic E-state index is 2.48. The first-order valence-electron chi connectivity index (χ1n) is 8.50. The van der Waals surface area contributed by atoms with Crippen molar-refractivity contribution in [3.8, 4) is 0 Å². The lowest BCUT2D eigenvalue weighted by Gasteiger charge is -2.22. The second kappa shape index (κ2) is 8.55. The summed E-state index contributed by atoms with van der Waals surface area (Å²) in [5.41, 5.74) is 3.03. The van der Waals surface area contributed by atoms with Crippen molar-refractivity contribution in [2.45, 2.75) is 41.5 Å².